The molecule has 2 bridgehead atoms. The van der Waals surface area contributed by atoms with E-state index >= 15 is 0 Å². The van der Waals surface area contributed by atoms with Gasteiger partial charge in [-0.25, -0.2) is 4.39 Å². The quantitative estimate of drug-likeness (QED) is 0.682. The van der Waals surface area contributed by atoms with Crippen molar-refractivity contribution in [2.24, 2.45) is 11.8 Å². The van der Waals surface area contributed by atoms with Crippen molar-refractivity contribution in [2.45, 2.75) is 24.7 Å². The number of rotatable bonds is 6. The maximum absolute atomic E-state index is 13.3. The Morgan fingerprint density at radius 1 is 1.37 bits per heavy atom. The molecule has 0 N–H and O–H groups in total. The van der Waals surface area contributed by atoms with E-state index in [2.05, 4.69) is 5.10 Å². The van der Waals surface area contributed by atoms with Crippen molar-refractivity contribution >= 4 is 17.5 Å². The zero-order valence-corrected chi connectivity index (χ0v) is 16.6. The highest BCUT2D eigenvalue weighted by molar-refractivity contribution is 6.03. The summed E-state index contributed by atoms with van der Waals surface area (Å²) in [5.41, 5.74) is -0.170. The largest absolute Gasteiger partial charge is 0.360 e. The molecule has 1 aromatic carbocycles. The van der Waals surface area contributed by atoms with Gasteiger partial charge in [0.25, 0.3) is 0 Å². The van der Waals surface area contributed by atoms with Crippen molar-refractivity contribution in [1.82, 2.24) is 14.7 Å². The monoisotopic (exact) mass is 410 g/mol. The number of fused-ring (bicyclic) bond motifs is 1. The fourth-order valence-electron chi connectivity index (χ4n) is 4.89. The van der Waals surface area contributed by atoms with Crippen LogP contribution in [0.1, 0.15) is 6.42 Å². The zero-order valence-electron chi connectivity index (χ0n) is 16.6. The first-order valence-corrected chi connectivity index (χ1v) is 10.1. The van der Waals surface area contributed by atoms with Crippen LogP contribution in [-0.2, 0) is 20.9 Å². The molecule has 7 nitrogen and oxygen atoms in total. The summed E-state index contributed by atoms with van der Waals surface area (Å²) < 4.78 is 21.3. The van der Waals surface area contributed by atoms with E-state index < -0.39 is 17.4 Å². The van der Waals surface area contributed by atoms with Gasteiger partial charge in [0.1, 0.15) is 11.4 Å². The SMILES string of the molecule is CN(CCCn1cccn1)C(=O)C1C2C=CC3(CN(c4ccc(F)cc4)C(=O)C13)O2. The van der Waals surface area contributed by atoms with Gasteiger partial charge < -0.3 is 14.5 Å². The highest BCUT2D eigenvalue weighted by Crippen LogP contribution is 2.53. The lowest BCUT2D eigenvalue weighted by molar-refractivity contribution is -0.139. The molecule has 0 saturated carbocycles. The van der Waals surface area contributed by atoms with Gasteiger partial charge in [-0.15, -0.1) is 0 Å². The second-order valence-corrected chi connectivity index (χ2v) is 8.18. The van der Waals surface area contributed by atoms with Crippen LogP contribution in [0.2, 0.25) is 0 Å². The highest BCUT2D eigenvalue weighted by atomic mass is 19.1. The Balaban J connectivity index is 1.31. The molecule has 0 aliphatic carbocycles. The second-order valence-electron chi connectivity index (χ2n) is 8.18. The minimum Gasteiger partial charge on any atom is -0.360 e. The van der Waals surface area contributed by atoms with Crippen molar-refractivity contribution in [1.29, 1.82) is 0 Å². The smallest absolute Gasteiger partial charge is 0.234 e. The number of anilines is 1. The standard InChI is InChI=1S/C22H23FN4O3/c1-25(11-3-13-26-12-2-10-24-26)20(28)18-17-8-9-22(30-17)14-27(21(29)19(18)22)16-6-4-15(23)5-7-16/h2,4-10,12,17-19H,3,11,13-14H2,1H3. The fourth-order valence-corrected chi connectivity index (χ4v) is 4.89. The Kier molecular flexibility index (Phi) is 4.47. The lowest BCUT2D eigenvalue weighted by Gasteiger charge is -2.27. The van der Waals surface area contributed by atoms with Crippen LogP contribution in [0.5, 0.6) is 0 Å². The Morgan fingerprint density at radius 2 is 2.17 bits per heavy atom. The number of nitrogens with zero attached hydrogens (tertiary/aromatic N) is 4. The number of halogens is 1. The number of amides is 2. The van der Waals surface area contributed by atoms with Gasteiger partial charge >= 0.3 is 0 Å². The first-order chi connectivity index (χ1) is 14.5. The predicted molar refractivity (Wildman–Crippen MR) is 107 cm³/mol. The van der Waals surface area contributed by atoms with Gasteiger partial charge in [0.05, 0.1) is 24.5 Å². The van der Waals surface area contributed by atoms with Crippen LogP contribution in [0.15, 0.2) is 54.9 Å². The van der Waals surface area contributed by atoms with Crippen LogP contribution in [0.25, 0.3) is 0 Å². The van der Waals surface area contributed by atoms with Crippen molar-refractivity contribution < 1.29 is 18.7 Å². The van der Waals surface area contributed by atoms with Gasteiger partial charge in [-0.1, -0.05) is 12.2 Å². The van der Waals surface area contributed by atoms with Crippen molar-refractivity contribution in [3.8, 4) is 0 Å². The van der Waals surface area contributed by atoms with Gasteiger partial charge in [-0.05, 0) is 36.8 Å². The molecule has 4 atom stereocenters. The topological polar surface area (TPSA) is 67.7 Å². The van der Waals surface area contributed by atoms with Gasteiger partial charge in [0.15, 0.2) is 0 Å². The van der Waals surface area contributed by atoms with E-state index in [-0.39, 0.29) is 23.7 Å². The Bertz CT molecular complexity index is 990. The van der Waals surface area contributed by atoms with Crippen LogP contribution in [0, 0.1) is 17.7 Å². The summed E-state index contributed by atoms with van der Waals surface area (Å²) in [4.78, 5) is 29.9. The molecule has 5 rings (SSSR count). The number of carbonyl (C=O) groups is 2. The van der Waals surface area contributed by atoms with Gasteiger partial charge in [-0.2, -0.15) is 5.10 Å². The summed E-state index contributed by atoms with van der Waals surface area (Å²) >= 11 is 0. The van der Waals surface area contributed by atoms with E-state index in [1.165, 1.54) is 12.1 Å². The molecular formula is C22H23FN4O3. The number of hydrogen-bond acceptors (Lipinski definition) is 4. The molecule has 156 valence electrons. The molecule has 1 spiro atoms. The number of hydrogen-bond donors (Lipinski definition) is 0. The minimum atomic E-state index is -0.785. The lowest BCUT2D eigenvalue weighted by atomic mass is 9.76. The normalized spacial score (nSPS) is 28.9. The molecule has 1 aromatic heterocycles. The average Bonchev–Trinajstić information content (AvgIpc) is 3.50. The summed E-state index contributed by atoms with van der Waals surface area (Å²) in [5, 5.41) is 4.17. The number of benzene rings is 1. The van der Waals surface area contributed by atoms with Gasteiger partial charge in [0, 0.05) is 38.2 Å². The maximum Gasteiger partial charge on any atom is 0.234 e. The summed E-state index contributed by atoms with van der Waals surface area (Å²) in [7, 11) is 1.77. The maximum atomic E-state index is 13.3. The number of aromatic nitrogens is 2. The summed E-state index contributed by atoms with van der Waals surface area (Å²) in [6, 6.07) is 7.70. The van der Waals surface area contributed by atoms with Crippen molar-refractivity contribution in [2.75, 3.05) is 25.0 Å². The molecule has 30 heavy (non-hydrogen) atoms. The Labute approximate surface area is 173 Å². The average molecular weight is 410 g/mol. The second kappa shape index (κ2) is 7.05. The molecule has 2 saturated heterocycles. The fraction of sp³-hybridized carbons (Fsp3) is 0.409. The summed E-state index contributed by atoms with van der Waals surface area (Å²) in [6.07, 6.45) is 7.83. The minimum absolute atomic E-state index is 0.0778. The Hall–Kier alpha value is -3.00. The van der Waals surface area contributed by atoms with E-state index in [0.717, 1.165) is 13.0 Å². The molecule has 2 amide bonds. The van der Waals surface area contributed by atoms with Crippen molar-refractivity contribution in [3.63, 3.8) is 0 Å². The van der Waals surface area contributed by atoms with E-state index in [0.29, 0.717) is 18.8 Å². The van der Waals surface area contributed by atoms with Crippen molar-refractivity contribution in [3.05, 3.63) is 60.7 Å². The van der Waals surface area contributed by atoms with E-state index in [4.69, 9.17) is 4.74 Å². The first kappa shape index (κ1) is 19.0. The number of aryl methyl sites for hydroxylation is 1. The molecule has 4 heterocycles. The van der Waals surface area contributed by atoms with E-state index in [1.807, 2.05) is 29.1 Å². The van der Waals surface area contributed by atoms with Crippen LogP contribution in [-0.4, -0.2) is 58.3 Å². The van der Waals surface area contributed by atoms with Crippen LogP contribution in [0.4, 0.5) is 10.1 Å². The third-order valence-electron chi connectivity index (χ3n) is 6.34. The van der Waals surface area contributed by atoms with Crippen LogP contribution in [0.3, 0.4) is 0 Å². The third kappa shape index (κ3) is 2.94. The van der Waals surface area contributed by atoms with Crippen LogP contribution < -0.4 is 4.90 Å². The third-order valence-corrected chi connectivity index (χ3v) is 6.34. The molecule has 8 heteroatoms. The first-order valence-electron chi connectivity index (χ1n) is 10.1. The number of carbonyl (C=O) groups excluding carboxylic acids is 2. The van der Waals surface area contributed by atoms with E-state index in [9.17, 15) is 14.0 Å². The molecule has 2 aromatic rings. The lowest BCUT2D eigenvalue weighted by Crippen LogP contribution is -2.45. The molecule has 3 aliphatic heterocycles. The van der Waals surface area contributed by atoms with Gasteiger partial charge in [0.2, 0.25) is 11.8 Å². The summed E-state index contributed by atoms with van der Waals surface area (Å²) in [5.74, 6) is -1.67. The Morgan fingerprint density at radius 3 is 2.90 bits per heavy atom. The molecule has 3 aliphatic rings. The molecular weight excluding hydrogens is 387 g/mol. The summed E-state index contributed by atoms with van der Waals surface area (Å²) in [6.45, 7) is 1.63. The van der Waals surface area contributed by atoms with Gasteiger partial charge in [-0.3, -0.25) is 14.3 Å². The molecule has 4 unspecified atom stereocenters. The number of ether oxygens (including phenoxy) is 1. The molecule has 2 fully saturated rings. The predicted octanol–water partition coefficient (Wildman–Crippen LogP) is 1.86. The van der Waals surface area contributed by atoms with E-state index in [1.54, 1.807) is 35.2 Å². The van der Waals surface area contributed by atoms with Crippen LogP contribution >= 0.6 is 0 Å². The highest BCUT2D eigenvalue weighted by Gasteiger charge is 2.67. The zero-order chi connectivity index (χ0) is 20.9. The molecule has 0 radical (unpaired) electrons.